The number of hydrogen-bond acceptors (Lipinski definition) is 5. The predicted molar refractivity (Wildman–Crippen MR) is 79.0 cm³/mol. The van der Waals surface area contributed by atoms with E-state index in [1.165, 1.54) is 24.4 Å². The number of aromatic hydroxyl groups is 1. The van der Waals surface area contributed by atoms with E-state index in [1.54, 1.807) is 30.3 Å². The fraction of sp³-hybridized carbons (Fsp3) is 0. The number of phenols is 1. The smallest absolute Gasteiger partial charge is 0.285 e. The summed E-state index contributed by atoms with van der Waals surface area (Å²) in [5.74, 6) is 0.362. The first-order chi connectivity index (χ1) is 10.1. The number of hydrogen-bond donors (Lipinski definition) is 2. The van der Waals surface area contributed by atoms with Crippen LogP contribution in [-0.2, 0) is 10.0 Å². The van der Waals surface area contributed by atoms with Gasteiger partial charge in [-0.1, -0.05) is 12.1 Å². The predicted octanol–water partition coefficient (Wildman–Crippen LogP) is 1.46. The van der Waals surface area contributed by atoms with Crippen molar-refractivity contribution < 1.29 is 13.5 Å². The lowest BCUT2D eigenvalue weighted by Crippen LogP contribution is -2.17. The number of fused-ring (bicyclic) bond motifs is 1. The van der Waals surface area contributed by atoms with Crippen LogP contribution in [0.1, 0.15) is 11.1 Å². The molecule has 0 unspecified atom stereocenters. The Balaban J connectivity index is 1.82. The third-order valence-corrected chi connectivity index (χ3v) is 4.24. The highest BCUT2D eigenvalue weighted by Gasteiger charge is 2.27. The summed E-state index contributed by atoms with van der Waals surface area (Å²) in [6.07, 6.45) is 1.51. The highest BCUT2D eigenvalue weighted by atomic mass is 32.2. The number of phenolic OH excluding ortho intramolecular Hbond substituents is 1. The molecule has 0 aromatic heterocycles. The summed E-state index contributed by atoms with van der Waals surface area (Å²) in [5, 5.41) is 13.1. The Morgan fingerprint density at radius 2 is 1.81 bits per heavy atom. The van der Waals surface area contributed by atoms with Crippen LogP contribution in [-0.4, -0.2) is 25.6 Å². The largest absolute Gasteiger partial charge is 0.508 e. The van der Waals surface area contributed by atoms with Gasteiger partial charge in [0.15, 0.2) is 5.84 Å². The molecule has 7 heteroatoms. The van der Waals surface area contributed by atoms with E-state index in [4.69, 9.17) is 0 Å². The molecule has 0 saturated heterocycles. The molecule has 1 aliphatic rings. The van der Waals surface area contributed by atoms with Crippen LogP contribution in [0.3, 0.4) is 0 Å². The summed E-state index contributed by atoms with van der Waals surface area (Å²) in [6, 6.07) is 13.0. The van der Waals surface area contributed by atoms with E-state index in [0.29, 0.717) is 5.56 Å². The van der Waals surface area contributed by atoms with Crippen molar-refractivity contribution in [2.24, 2.45) is 9.50 Å². The van der Waals surface area contributed by atoms with E-state index in [0.717, 1.165) is 5.56 Å². The molecule has 0 spiro atoms. The molecule has 3 rings (SSSR count). The monoisotopic (exact) mass is 301 g/mol. The number of benzene rings is 2. The van der Waals surface area contributed by atoms with Crippen molar-refractivity contribution in [1.29, 1.82) is 0 Å². The average molecular weight is 301 g/mol. The molecule has 0 saturated carbocycles. The van der Waals surface area contributed by atoms with Gasteiger partial charge in [-0.15, -0.1) is 4.40 Å². The van der Waals surface area contributed by atoms with E-state index in [-0.39, 0.29) is 16.5 Å². The van der Waals surface area contributed by atoms with Gasteiger partial charge in [-0.05, 0) is 42.0 Å². The fourth-order valence-electron chi connectivity index (χ4n) is 1.91. The van der Waals surface area contributed by atoms with Gasteiger partial charge in [-0.2, -0.15) is 13.5 Å². The van der Waals surface area contributed by atoms with Gasteiger partial charge in [0.2, 0.25) is 0 Å². The summed E-state index contributed by atoms with van der Waals surface area (Å²) in [4.78, 5) is 0.173. The van der Waals surface area contributed by atoms with Crippen LogP contribution in [0.5, 0.6) is 5.75 Å². The van der Waals surface area contributed by atoms with E-state index >= 15 is 0 Å². The molecule has 6 nitrogen and oxygen atoms in total. The van der Waals surface area contributed by atoms with Gasteiger partial charge in [0.25, 0.3) is 10.0 Å². The van der Waals surface area contributed by atoms with Crippen LogP contribution in [0.4, 0.5) is 0 Å². The number of nitrogens with zero attached hydrogens (tertiary/aromatic N) is 2. The lowest BCUT2D eigenvalue weighted by molar-refractivity contribution is 0.475. The fourth-order valence-corrected chi connectivity index (χ4v) is 3.09. The van der Waals surface area contributed by atoms with Gasteiger partial charge in [0.05, 0.1) is 6.21 Å². The Labute approximate surface area is 121 Å². The lowest BCUT2D eigenvalue weighted by atomic mass is 10.2. The Kier molecular flexibility index (Phi) is 3.19. The minimum Gasteiger partial charge on any atom is -0.508 e. The molecule has 106 valence electrons. The van der Waals surface area contributed by atoms with Gasteiger partial charge in [0.1, 0.15) is 10.6 Å². The Hall–Kier alpha value is -2.67. The maximum absolute atomic E-state index is 11.8. The summed E-state index contributed by atoms with van der Waals surface area (Å²) in [5.41, 5.74) is 3.89. The molecule has 2 aromatic carbocycles. The molecular formula is C14H11N3O3S. The minimum absolute atomic E-state index is 0.167. The van der Waals surface area contributed by atoms with Crippen LogP contribution in [0, 0.1) is 0 Å². The zero-order valence-electron chi connectivity index (χ0n) is 10.8. The van der Waals surface area contributed by atoms with Crippen LogP contribution in [0.15, 0.2) is 62.9 Å². The van der Waals surface area contributed by atoms with Crippen molar-refractivity contribution in [2.45, 2.75) is 4.90 Å². The van der Waals surface area contributed by atoms with Crippen molar-refractivity contribution in [3.8, 4) is 5.75 Å². The summed E-state index contributed by atoms with van der Waals surface area (Å²) < 4.78 is 27.3. The van der Waals surface area contributed by atoms with Crippen molar-refractivity contribution in [3.05, 3.63) is 59.7 Å². The summed E-state index contributed by atoms with van der Waals surface area (Å²) in [7, 11) is -3.64. The first-order valence-corrected chi connectivity index (χ1v) is 7.53. The minimum atomic E-state index is -3.64. The van der Waals surface area contributed by atoms with Crippen molar-refractivity contribution in [3.63, 3.8) is 0 Å². The highest BCUT2D eigenvalue weighted by Crippen LogP contribution is 2.24. The summed E-state index contributed by atoms with van der Waals surface area (Å²) >= 11 is 0. The second-order valence-corrected chi connectivity index (χ2v) is 5.95. The van der Waals surface area contributed by atoms with Crippen LogP contribution in [0.25, 0.3) is 0 Å². The maximum Gasteiger partial charge on any atom is 0.285 e. The molecule has 1 heterocycles. The molecule has 0 fully saturated rings. The van der Waals surface area contributed by atoms with Crippen molar-refractivity contribution in [1.82, 2.24) is 5.43 Å². The van der Waals surface area contributed by atoms with Crippen LogP contribution >= 0.6 is 0 Å². The SMILES string of the molecule is O=S1(=O)N=C(N/N=C\c2ccc(O)cc2)c2ccccc21. The average Bonchev–Trinajstić information content (AvgIpc) is 2.73. The quantitative estimate of drug-likeness (QED) is 0.649. The van der Waals surface area contributed by atoms with E-state index in [1.807, 2.05) is 0 Å². The summed E-state index contributed by atoms with van der Waals surface area (Å²) in [6.45, 7) is 0. The van der Waals surface area contributed by atoms with E-state index in [9.17, 15) is 13.5 Å². The van der Waals surface area contributed by atoms with Crippen LogP contribution in [0.2, 0.25) is 0 Å². The van der Waals surface area contributed by atoms with Crippen molar-refractivity contribution in [2.75, 3.05) is 0 Å². The molecule has 0 aliphatic carbocycles. The lowest BCUT2D eigenvalue weighted by Gasteiger charge is -2.00. The Morgan fingerprint density at radius 3 is 2.57 bits per heavy atom. The zero-order chi connectivity index (χ0) is 14.9. The highest BCUT2D eigenvalue weighted by molar-refractivity contribution is 7.90. The number of hydrazone groups is 1. The molecular weight excluding hydrogens is 290 g/mol. The number of sulfonamides is 1. The van der Waals surface area contributed by atoms with Gasteiger partial charge < -0.3 is 5.11 Å². The molecule has 21 heavy (non-hydrogen) atoms. The van der Waals surface area contributed by atoms with Crippen molar-refractivity contribution >= 4 is 22.1 Å². The standard InChI is InChI=1S/C14H11N3O3S/c18-11-7-5-10(6-8-11)9-15-16-14-12-3-1-2-4-13(12)21(19,20)17-14/h1-9,18H,(H,16,17)/b15-9-. The third-order valence-electron chi connectivity index (χ3n) is 2.91. The van der Waals surface area contributed by atoms with E-state index < -0.39 is 10.0 Å². The van der Waals surface area contributed by atoms with Gasteiger partial charge in [0, 0.05) is 5.56 Å². The molecule has 0 amide bonds. The third kappa shape index (κ3) is 2.63. The van der Waals surface area contributed by atoms with Gasteiger partial charge >= 0.3 is 0 Å². The Bertz CT molecular complexity index is 840. The molecule has 2 aromatic rings. The second-order valence-electron chi connectivity index (χ2n) is 4.37. The number of amidine groups is 1. The molecule has 0 radical (unpaired) electrons. The van der Waals surface area contributed by atoms with Crippen LogP contribution < -0.4 is 5.43 Å². The first-order valence-electron chi connectivity index (χ1n) is 6.09. The van der Waals surface area contributed by atoms with Gasteiger partial charge in [-0.25, -0.2) is 0 Å². The Morgan fingerprint density at radius 1 is 1.10 bits per heavy atom. The number of rotatable bonds is 2. The number of nitrogens with one attached hydrogen (secondary N) is 1. The topological polar surface area (TPSA) is 91.1 Å². The molecule has 0 bridgehead atoms. The molecule has 1 aliphatic heterocycles. The molecule has 0 atom stereocenters. The normalized spacial score (nSPS) is 15.7. The van der Waals surface area contributed by atoms with E-state index in [2.05, 4.69) is 14.9 Å². The van der Waals surface area contributed by atoms with Gasteiger partial charge in [-0.3, -0.25) is 5.43 Å². The maximum atomic E-state index is 11.8. The second kappa shape index (κ2) is 5.02. The first kappa shape index (κ1) is 13.3. The molecule has 2 N–H and O–H groups in total. The zero-order valence-corrected chi connectivity index (χ0v) is 11.6.